The summed E-state index contributed by atoms with van der Waals surface area (Å²) in [6.45, 7) is 1.97. The molecule has 23 heavy (non-hydrogen) atoms. The van der Waals surface area contributed by atoms with Crippen molar-refractivity contribution in [2.24, 2.45) is 5.14 Å². The molecule has 3 aromatic rings. The molecular weight excluding hydrogens is 315 g/mol. The summed E-state index contributed by atoms with van der Waals surface area (Å²) in [5, 5.41) is 5.11. The van der Waals surface area contributed by atoms with E-state index in [1.807, 2.05) is 23.8 Å². The first-order valence-electron chi connectivity index (χ1n) is 6.93. The van der Waals surface area contributed by atoms with E-state index in [-0.39, 0.29) is 10.7 Å². The summed E-state index contributed by atoms with van der Waals surface area (Å²) >= 11 is 0. The number of sulfonamides is 1. The predicted octanol–water partition coefficient (Wildman–Crippen LogP) is 3.24. The van der Waals surface area contributed by atoms with Gasteiger partial charge in [0.25, 0.3) is 0 Å². The number of primary sulfonamides is 1. The lowest BCUT2D eigenvalue weighted by molar-refractivity contribution is 0.598. The Balaban J connectivity index is 2.10. The van der Waals surface area contributed by atoms with Gasteiger partial charge in [0.05, 0.1) is 10.6 Å². The summed E-state index contributed by atoms with van der Waals surface area (Å²) in [4.78, 5) is 0.0634. The van der Waals surface area contributed by atoms with Crippen LogP contribution in [0.5, 0.6) is 0 Å². The SMILES string of the molecule is Cc1ccn(-c2ccc(S(N)(=O)=O)cc2)c1-c1ccc(F)cc1. The Bertz CT molecular complexity index is 943. The number of halogens is 1. The second-order valence-electron chi connectivity index (χ2n) is 5.26. The van der Waals surface area contributed by atoms with Crippen LogP contribution in [0.1, 0.15) is 5.56 Å². The third-order valence-electron chi connectivity index (χ3n) is 3.65. The summed E-state index contributed by atoms with van der Waals surface area (Å²) in [5.41, 5.74) is 3.63. The number of nitrogens with two attached hydrogens (primary N) is 1. The highest BCUT2D eigenvalue weighted by Gasteiger charge is 2.12. The van der Waals surface area contributed by atoms with Crippen molar-refractivity contribution in [3.63, 3.8) is 0 Å². The van der Waals surface area contributed by atoms with Crippen LogP contribution < -0.4 is 5.14 Å². The molecule has 0 bridgehead atoms. The van der Waals surface area contributed by atoms with Gasteiger partial charge in [0.15, 0.2) is 0 Å². The lowest BCUT2D eigenvalue weighted by Gasteiger charge is -2.11. The van der Waals surface area contributed by atoms with Gasteiger partial charge in [0.2, 0.25) is 10.0 Å². The van der Waals surface area contributed by atoms with E-state index in [4.69, 9.17) is 5.14 Å². The molecular formula is C17H15FN2O2S. The van der Waals surface area contributed by atoms with E-state index in [0.29, 0.717) is 0 Å². The van der Waals surface area contributed by atoms with Crippen LogP contribution in [0.25, 0.3) is 16.9 Å². The molecule has 4 nitrogen and oxygen atoms in total. The van der Waals surface area contributed by atoms with Crippen LogP contribution in [-0.4, -0.2) is 13.0 Å². The third kappa shape index (κ3) is 3.04. The lowest BCUT2D eigenvalue weighted by atomic mass is 10.1. The van der Waals surface area contributed by atoms with Gasteiger partial charge in [-0.15, -0.1) is 0 Å². The number of nitrogens with zero attached hydrogens (tertiary/aromatic N) is 1. The van der Waals surface area contributed by atoms with Crippen molar-refractivity contribution in [2.75, 3.05) is 0 Å². The van der Waals surface area contributed by atoms with Crippen molar-refractivity contribution in [1.29, 1.82) is 0 Å². The monoisotopic (exact) mass is 330 g/mol. The Morgan fingerprint density at radius 1 is 0.957 bits per heavy atom. The largest absolute Gasteiger partial charge is 0.316 e. The fourth-order valence-electron chi connectivity index (χ4n) is 2.52. The van der Waals surface area contributed by atoms with Crippen LogP contribution in [0.15, 0.2) is 65.7 Å². The Morgan fingerprint density at radius 2 is 1.57 bits per heavy atom. The Hall–Kier alpha value is -2.44. The van der Waals surface area contributed by atoms with Crippen molar-refractivity contribution in [3.05, 3.63) is 72.2 Å². The zero-order valence-corrected chi connectivity index (χ0v) is 13.2. The second-order valence-corrected chi connectivity index (χ2v) is 6.82. The number of rotatable bonds is 3. The molecule has 0 aliphatic carbocycles. The van der Waals surface area contributed by atoms with Gasteiger partial charge in [-0.2, -0.15) is 0 Å². The van der Waals surface area contributed by atoms with Gasteiger partial charge in [-0.3, -0.25) is 0 Å². The van der Waals surface area contributed by atoms with Gasteiger partial charge in [-0.25, -0.2) is 17.9 Å². The van der Waals surface area contributed by atoms with Gasteiger partial charge in [-0.05, 0) is 72.6 Å². The zero-order chi connectivity index (χ0) is 16.6. The second kappa shape index (κ2) is 5.64. The Labute approximate surface area is 134 Å². The van der Waals surface area contributed by atoms with E-state index < -0.39 is 10.0 Å². The minimum Gasteiger partial charge on any atom is -0.316 e. The molecule has 2 aromatic carbocycles. The highest BCUT2D eigenvalue weighted by atomic mass is 32.2. The number of aromatic nitrogens is 1. The molecule has 118 valence electrons. The molecule has 1 heterocycles. The van der Waals surface area contributed by atoms with E-state index in [2.05, 4.69) is 0 Å². The summed E-state index contributed by atoms with van der Waals surface area (Å²) in [6, 6.07) is 14.5. The van der Waals surface area contributed by atoms with Gasteiger partial charge >= 0.3 is 0 Å². The average Bonchev–Trinajstić information content (AvgIpc) is 2.89. The van der Waals surface area contributed by atoms with Crippen LogP contribution in [0.2, 0.25) is 0 Å². The molecule has 0 atom stereocenters. The van der Waals surface area contributed by atoms with Crippen molar-refractivity contribution in [2.45, 2.75) is 11.8 Å². The summed E-state index contributed by atoms with van der Waals surface area (Å²) in [7, 11) is -3.71. The standard InChI is InChI=1S/C17H15FN2O2S/c1-12-10-11-20(17(12)13-2-4-14(18)5-3-13)15-6-8-16(9-7-15)23(19,21)22/h2-11H,1H3,(H2,19,21,22). The van der Waals surface area contributed by atoms with Crippen LogP contribution in [0.4, 0.5) is 4.39 Å². The summed E-state index contributed by atoms with van der Waals surface area (Å²) in [6.07, 6.45) is 1.89. The van der Waals surface area contributed by atoms with E-state index >= 15 is 0 Å². The highest BCUT2D eigenvalue weighted by Crippen LogP contribution is 2.28. The highest BCUT2D eigenvalue weighted by molar-refractivity contribution is 7.89. The first kappa shape index (κ1) is 15.5. The molecule has 1 aromatic heterocycles. The fourth-order valence-corrected chi connectivity index (χ4v) is 3.03. The molecule has 0 aliphatic rings. The summed E-state index contributed by atoms with van der Waals surface area (Å²) < 4.78 is 37.7. The molecule has 2 N–H and O–H groups in total. The molecule has 0 amide bonds. The quantitative estimate of drug-likeness (QED) is 0.801. The van der Waals surface area contributed by atoms with Crippen LogP contribution in [0.3, 0.4) is 0 Å². The molecule has 6 heteroatoms. The Morgan fingerprint density at radius 3 is 2.13 bits per heavy atom. The fraction of sp³-hybridized carbons (Fsp3) is 0.0588. The number of aryl methyl sites for hydroxylation is 1. The molecule has 0 unspecified atom stereocenters. The molecule has 0 spiro atoms. The molecule has 0 radical (unpaired) electrons. The minimum absolute atomic E-state index is 0.0634. The van der Waals surface area contributed by atoms with Crippen molar-refractivity contribution in [3.8, 4) is 16.9 Å². The number of hydrogen-bond donors (Lipinski definition) is 1. The van der Waals surface area contributed by atoms with Crippen molar-refractivity contribution < 1.29 is 12.8 Å². The first-order valence-corrected chi connectivity index (χ1v) is 8.48. The molecule has 0 fully saturated rings. The van der Waals surface area contributed by atoms with E-state index in [0.717, 1.165) is 22.5 Å². The van der Waals surface area contributed by atoms with Crippen molar-refractivity contribution in [1.82, 2.24) is 4.57 Å². The third-order valence-corrected chi connectivity index (χ3v) is 4.58. The maximum absolute atomic E-state index is 13.1. The minimum atomic E-state index is -3.71. The first-order chi connectivity index (χ1) is 10.9. The van der Waals surface area contributed by atoms with Crippen LogP contribution in [-0.2, 0) is 10.0 Å². The summed E-state index contributed by atoms with van der Waals surface area (Å²) in [5.74, 6) is -0.290. The lowest BCUT2D eigenvalue weighted by Crippen LogP contribution is -2.12. The molecule has 0 aliphatic heterocycles. The maximum Gasteiger partial charge on any atom is 0.238 e. The van der Waals surface area contributed by atoms with E-state index in [1.165, 1.54) is 24.3 Å². The molecule has 0 saturated carbocycles. The van der Waals surface area contributed by atoms with Gasteiger partial charge in [-0.1, -0.05) is 0 Å². The predicted molar refractivity (Wildman–Crippen MR) is 87.3 cm³/mol. The van der Waals surface area contributed by atoms with Crippen LogP contribution in [0, 0.1) is 12.7 Å². The molecule has 0 saturated heterocycles. The number of hydrogen-bond acceptors (Lipinski definition) is 2. The zero-order valence-electron chi connectivity index (χ0n) is 12.4. The Kier molecular flexibility index (Phi) is 3.79. The molecule has 3 rings (SSSR count). The van der Waals surface area contributed by atoms with Gasteiger partial charge in [0, 0.05) is 11.9 Å². The van der Waals surface area contributed by atoms with Crippen LogP contribution >= 0.6 is 0 Å². The van der Waals surface area contributed by atoms with E-state index in [9.17, 15) is 12.8 Å². The van der Waals surface area contributed by atoms with Crippen molar-refractivity contribution >= 4 is 10.0 Å². The maximum atomic E-state index is 13.1. The smallest absolute Gasteiger partial charge is 0.238 e. The van der Waals surface area contributed by atoms with Gasteiger partial charge < -0.3 is 4.57 Å². The average molecular weight is 330 g/mol. The van der Waals surface area contributed by atoms with E-state index in [1.54, 1.807) is 24.3 Å². The number of benzene rings is 2. The topological polar surface area (TPSA) is 65.1 Å². The normalized spacial score (nSPS) is 11.6. The van der Waals surface area contributed by atoms with Gasteiger partial charge in [0.1, 0.15) is 5.82 Å².